The van der Waals surface area contributed by atoms with Gasteiger partial charge in [-0.2, -0.15) is 0 Å². The molecule has 2 N–H and O–H groups in total. The molecule has 0 saturated heterocycles. The highest BCUT2D eigenvalue weighted by Crippen LogP contribution is 2.28. The minimum Gasteiger partial charge on any atom is -0.497 e. The summed E-state index contributed by atoms with van der Waals surface area (Å²) in [4.78, 5) is 0. The average molecular weight is 208 g/mol. The molecule has 0 spiro atoms. The molecule has 0 amide bonds. The Labute approximate surface area is 87.9 Å². The van der Waals surface area contributed by atoms with Crippen molar-refractivity contribution in [3.8, 4) is 5.75 Å². The van der Waals surface area contributed by atoms with Crippen LogP contribution < -0.4 is 15.6 Å². The fourth-order valence-corrected chi connectivity index (χ4v) is 1.64. The second kappa shape index (κ2) is 3.55. The summed E-state index contributed by atoms with van der Waals surface area (Å²) in [6.45, 7) is 1.90. The molecule has 1 aliphatic rings. The smallest absolute Gasteiger partial charge is 0.132 e. The normalized spacial score (nSPS) is 23.9. The van der Waals surface area contributed by atoms with E-state index in [-0.39, 0.29) is 5.82 Å². The van der Waals surface area contributed by atoms with Gasteiger partial charge in [-0.25, -0.2) is 9.82 Å². The number of nitrogens with one attached hydrogen (secondary N) is 2. The highest BCUT2D eigenvalue weighted by molar-refractivity contribution is 5.36. The van der Waals surface area contributed by atoms with Crippen LogP contribution in [0.5, 0.6) is 5.75 Å². The molecule has 3 nitrogen and oxygen atoms in total. The van der Waals surface area contributed by atoms with Gasteiger partial charge in [0.2, 0.25) is 0 Å². The van der Waals surface area contributed by atoms with E-state index in [1.807, 2.05) is 13.0 Å². The van der Waals surface area contributed by atoms with Crippen LogP contribution in [0.4, 0.5) is 4.39 Å². The zero-order valence-corrected chi connectivity index (χ0v) is 8.67. The molecular weight excluding hydrogens is 195 g/mol. The number of hydrogen-bond donors (Lipinski definition) is 2. The van der Waals surface area contributed by atoms with Gasteiger partial charge in [-0.1, -0.05) is 6.07 Å². The molecule has 1 aliphatic heterocycles. The van der Waals surface area contributed by atoms with Crippen molar-refractivity contribution < 1.29 is 9.13 Å². The Morgan fingerprint density at radius 1 is 1.40 bits per heavy atom. The Bertz CT molecular complexity index is 406. The Hall–Kier alpha value is -1.55. The van der Waals surface area contributed by atoms with Crippen LogP contribution in [0.3, 0.4) is 0 Å². The predicted octanol–water partition coefficient (Wildman–Crippen LogP) is 1.67. The first-order valence-corrected chi connectivity index (χ1v) is 4.70. The van der Waals surface area contributed by atoms with Crippen LogP contribution in [0.1, 0.15) is 12.5 Å². The van der Waals surface area contributed by atoms with E-state index in [1.165, 1.54) is 13.2 Å². The van der Waals surface area contributed by atoms with Gasteiger partial charge in [0.1, 0.15) is 11.6 Å². The molecule has 0 fully saturated rings. The topological polar surface area (TPSA) is 33.3 Å². The lowest BCUT2D eigenvalue weighted by Crippen LogP contribution is -2.39. The van der Waals surface area contributed by atoms with Gasteiger partial charge in [0, 0.05) is 17.8 Å². The number of methoxy groups -OCH3 is 1. The molecule has 1 aromatic rings. The highest BCUT2D eigenvalue weighted by Gasteiger charge is 2.29. The van der Waals surface area contributed by atoms with Crippen LogP contribution in [0.25, 0.3) is 0 Å². The van der Waals surface area contributed by atoms with Gasteiger partial charge >= 0.3 is 0 Å². The third-order valence-electron chi connectivity index (χ3n) is 2.57. The third kappa shape index (κ3) is 1.68. The molecule has 0 aromatic heterocycles. The summed E-state index contributed by atoms with van der Waals surface area (Å²) < 4.78 is 18.7. The lowest BCUT2D eigenvalue weighted by atomic mass is 9.93. The average Bonchev–Trinajstić information content (AvgIpc) is 2.65. The number of ether oxygens (including phenoxy) is 1. The first kappa shape index (κ1) is 9.98. The highest BCUT2D eigenvalue weighted by atomic mass is 19.1. The van der Waals surface area contributed by atoms with Crippen molar-refractivity contribution >= 4 is 0 Å². The molecule has 1 unspecified atom stereocenters. The molecule has 80 valence electrons. The van der Waals surface area contributed by atoms with E-state index < -0.39 is 5.54 Å². The standard InChI is InChI=1S/C11H13FN2O/c1-11(5-6-13-14-11)9-4-3-8(15-2)7-10(9)12/h3-7,13-14H,1-2H3. The van der Waals surface area contributed by atoms with Crippen LogP contribution in [0.2, 0.25) is 0 Å². The minimum absolute atomic E-state index is 0.280. The maximum Gasteiger partial charge on any atom is 0.132 e. The molecule has 0 aliphatic carbocycles. The SMILES string of the molecule is COc1ccc(C2(C)C=CNN2)c(F)c1. The fourth-order valence-electron chi connectivity index (χ4n) is 1.64. The Morgan fingerprint density at radius 3 is 2.73 bits per heavy atom. The van der Waals surface area contributed by atoms with E-state index in [0.29, 0.717) is 11.3 Å². The number of hydrogen-bond acceptors (Lipinski definition) is 3. The summed E-state index contributed by atoms with van der Waals surface area (Å²) in [6, 6.07) is 4.85. The maximum atomic E-state index is 13.8. The Balaban J connectivity index is 2.40. The molecular formula is C11H13FN2O. The summed E-state index contributed by atoms with van der Waals surface area (Å²) in [7, 11) is 1.52. The number of hydrazine groups is 1. The quantitative estimate of drug-likeness (QED) is 0.775. The molecule has 4 heteroatoms. The van der Waals surface area contributed by atoms with E-state index in [0.717, 1.165) is 0 Å². The van der Waals surface area contributed by atoms with E-state index in [2.05, 4.69) is 10.9 Å². The van der Waals surface area contributed by atoms with Gasteiger partial charge in [-0.05, 0) is 19.1 Å². The van der Waals surface area contributed by atoms with E-state index >= 15 is 0 Å². The zero-order valence-electron chi connectivity index (χ0n) is 8.67. The number of rotatable bonds is 2. The van der Waals surface area contributed by atoms with Crippen molar-refractivity contribution in [2.24, 2.45) is 0 Å². The van der Waals surface area contributed by atoms with E-state index in [9.17, 15) is 4.39 Å². The van der Waals surface area contributed by atoms with Gasteiger partial charge in [0.15, 0.2) is 0 Å². The van der Waals surface area contributed by atoms with Gasteiger partial charge in [-0.15, -0.1) is 0 Å². The van der Waals surface area contributed by atoms with E-state index in [1.54, 1.807) is 18.3 Å². The van der Waals surface area contributed by atoms with Crippen molar-refractivity contribution in [1.82, 2.24) is 10.9 Å². The van der Waals surface area contributed by atoms with Crippen LogP contribution in [0, 0.1) is 5.82 Å². The van der Waals surface area contributed by atoms with Gasteiger partial charge in [0.25, 0.3) is 0 Å². The summed E-state index contributed by atoms with van der Waals surface area (Å²) in [5.41, 5.74) is 5.91. The minimum atomic E-state index is -0.504. The van der Waals surface area contributed by atoms with Crippen molar-refractivity contribution in [2.75, 3.05) is 7.11 Å². The van der Waals surface area contributed by atoms with Crippen molar-refractivity contribution in [3.05, 3.63) is 41.9 Å². The zero-order chi connectivity index (χ0) is 10.9. The second-order valence-corrected chi connectivity index (χ2v) is 3.65. The summed E-state index contributed by atoms with van der Waals surface area (Å²) in [5, 5.41) is 0. The number of halogens is 1. The van der Waals surface area contributed by atoms with Gasteiger partial charge in [0.05, 0.1) is 12.6 Å². The summed E-state index contributed by atoms with van der Waals surface area (Å²) in [5.74, 6) is 0.243. The Morgan fingerprint density at radius 2 is 2.20 bits per heavy atom. The predicted molar refractivity (Wildman–Crippen MR) is 55.7 cm³/mol. The molecule has 1 atom stereocenters. The molecule has 0 bridgehead atoms. The van der Waals surface area contributed by atoms with Gasteiger partial charge < -0.3 is 10.2 Å². The molecule has 0 saturated carbocycles. The van der Waals surface area contributed by atoms with Crippen molar-refractivity contribution in [2.45, 2.75) is 12.5 Å². The molecule has 15 heavy (non-hydrogen) atoms. The Kier molecular flexibility index (Phi) is 2.36. The van der Waals surface area contributed by atoms with Gasteiger partial charge in [-0.3, -0.25) is 0 Å². The largest absolute Gasteiger partial charge is 0.497 e. The first-order chi connectivity index (χ1) is 7.15. The third-order valence-corrected chi connectivity index (χ3v) is 2.57. The second-order valence-electron chi connectivity index (χ2n) is 3.65. The van der Waals surface area contributed by atoms with Crippen LogP contribution in [0.15, 0.2) is 30.5 Å². The van der Waals surface area contributed by atoms with Crippen LogP contribution in [-0.2, 0) is 5.54 Å². The summed E-state index contributed by atoms with van der Waals surface area (Å²) in [6.07, 6.45) is 3.63. The number of benzene rings is 1. The lowest BCUT2D eigenvalue weighted by molar-refractivity contribution is 0.402. The first-order valence-electron chi connectivity index (χ1n) is 4.70. The van der Waals surface area contributed by atoms with Crippen molar-refractivity contribution in [3.63, 3.8) is 0 Å². The maximum absolute atomic E-state index is 13.8. The van der Waals surface area contributed by atoms with Crippen molar-refractivity contribution in [1.29, 1.82) is 0 Å². The monoisotopic (exact) mass is 208 g/mol. The molecule has 0 radical (unpaired) electrons. The summed E-state index contributed by atoms with van der Waals surface area (Å²) >= 11 is 0. The van der Waals surface area contributed by atoms with Crippen LogP contribution in [-0.4, -0.2) is 7.11 Å². The lowest BCUT2D eigenvalue weighted by Gasteiger charge is -2.23. The van der Waals surface area contributed by atoms with E-state index in [4.69, 9.17) is 4.74 Å². The molecule has 2 rings (SSSR count). The van der Waals surface area contributed by atoms with Crippen LogP contribution >= 0.6 is 0 Å². The fraction of sp³-hybridized carbons (Fsp3) is 0.273. The molecule has 1 aromatic carbocycles. The molecule has 1 heterocycles.